The van der Waals surface area contributed by atoms with Crippen LogP contribution in [0.25, 0.3) is 0 Å². The van der Waals surface area contributed by atoms with E-state index in [1.165, 1.54) is 12.7 Å². The molecule has 0 saturated heterocycles. The lowest BCUT2D eigenvalue weighted by Gasteiger charge is -2.11. The van der Waals surface area contributed by atoms with Gasteiger partial charge in [-0.05, 0) is 43.9 Å². The zero-order valence-electron chi connectivity index (χ0n) is 15.0. The summed E-state index contributed by atoms with van der Waals surface area (Å²) in [6.45, 7) is 4.44. The highest BCUT2D eigenvalue weighted by Gasteiger charge is 2.00. The molecule has 0 saturated carbocycles. The molecule has 1 rings (SSSR count). The molecule has 25 heavy (non-hydrogen) atoms. The summed E-state index contributed by atoms with van der Waals surface area (Å²) in [5, 5.41) is 7.33. The molecule has 2 N–H and O–H groups in total. The van der Waals surface area contributed by atoms with Gasteiger partial charge >= 0.3 is 5.97 Å². The molecule has 7 heteroatoms. The number of hydrogen-bond acceptors (Lipinski definition) is 3. The van der Waals surface area contributed by atoms with Crippen LogP contribution in [-0.2, 0) is 16.0 Å². The maximum absolute atomic E-state index is 11.0. The van der Waals surface area contributed by atoms with Gasteiger partial charge in [-0.2, -0.15) is 0 Å². The van der Waals surface area contributed by atoms with Gasteiger partial charge in [-0.3, -0.25) is 9.79 Å². The first-order valence-corrected chi connectivity index (χ1v) is 8.87. The van der Waals surface area contributed by atoms with Crippen molar-refractivity contribution >= 4 is 47.5 Å². The van der Waals surface area contributed by atoms with Crippen molar-refractivity contribution in [2.24, 2.45) is 4.99 Å². The quantitative estimate of drug-likeness (QED) is 0.175. The van der Waals surface area contributed by atoms with Crippen molar-refractivity contribution < 1.29 is 9.53 Å². The second-order valence-corrected chi connectivity index (χ2v) is 5.89. The van der Waals surface area contributed by atoms with Crippen LogP contribution < -0.4 is 10.6 Å². The number of nitrogens with zero attached hydrogens (tertiary/aromatic N) is 1. The van der Waals surface area contributed by atoms with E-state index in [0.717, 1.165) is 56.3 Å². The zero-order chi connectivity index (χ0) is 17.6. The number of methoxy groups -OCH3 is 1. The van der Waals surface area contributed by atoms with Crippen molar-refractivity contribution in [1.82, 2.24) is 10.6 Å². The van der Waals surface area contributed by atoms with Gasteiger partial charge in [0.05, 0.1) is 7.11 Å². The van der Waals surface area contributed by atoms with Crippen molar-refractivity contribution in [3.8, 4) is 0 Å². The standard InChI is InChI=1S/C18H28ClN3O2.HI/c1-3-20-18(21-13-6-4-5-7-17(23)24-2)22-14-12-15-8-10-16(19)11-9-15;/h8-11H,3-7,12-14H2,1-2H3,(H2,20,21,22);1H. The Labute approximate surface area is 173 Å². The van der Waals surface area contributed by atoms with Crippen LogP contribution in [0.5, 0.6) is 0 Å². The Morgan fingerprint density at radius 2 is 1.88 bits per heavy atom. The van der Waals surface area contributed by atoms with Crippen molar-refractivity contribution in [3.05, 3.63) is 34.9 Å². The third-order valence-electron chi connectivity index (χ3n) is 3.50. The minimum absolute atomic E-state index is 0. The number of guanidine groups is 1. The molecule has 0 atom stereocenters. The summed E-state index contributed by atoms with van der Waals surface area (Å²) in [7, 11) is 1.42. The Morgan fingerprint density at radius 1 is 1.16 bits per heavy atom. The van der Waals surface area contributed by atoms with Gasteiger partial charge in [0.25, 0.3) is 0 Å². The molecule has 0 fully saturated rings. The number of rotatable bonds is 10. The minimum atomic E-state index is -0.143. The fraction of sp³-hybridized carbons (Fsp3) is 0.556. The maximum atomic E-state index is 11.0. The number of halogens is 2. The van der Waals surface area contributed by atoms with Gasteiger partial charge in [0.15, 0.2) is 5.96 Å². The summed E-state index contributed by atoms with van der Waals surface area (Å²) < 4.78 is 4.62. The SMILES string of the molecule is CCNC(=NCCCCCC(=O)OC)NCCc1ccc(Cl)cc1.I. The number of nitrogens with one attached hydrogen (secondary N) is 2. The van der Waals surface area contributed by atoms with Crippen molar-refractivity contribution in [3.63, 3.8) is 0 Å². The third kappa shape index (κ3) is 12.0. The van der Waals surface area contributed by atoms with E-state index in [0.29, 0.717) is 6.42 Å². The van der Waals surface area contributed by atoms with Gasteiger partial charge in [-0.1, -0.05) is 30.2 Å². The van der Waals surface area contributed by atoms with Gasteiger partial charge in [0.1, 0.15) is 0 Å². The first-order chi connectivity index (χ1) is 11.7. The fourth-order valence-electron chi connectivity index (χ4n) is 2.17. The lowest BCUT2D eigenvalue weighted by molar-refractivity contribution is -0.140. The molecule has 0 aromatic heterocycles. The smallest absolute Gasteiger partial charge is 0.305 e. The number of carbonyl (C=O) groups excluding carboxylic acids is 1. The van der Waals surface area contributed by atoms with Crippen LogP contribution >= 0.6 is 35.6 Å². The summed E-state index contributed by atoms with van der Waals surface area (Å²) in [4.78, 5) is 15.6. The Balaban J connectivity index is 0.00000576. The largest absolute Gasteiger partial charge is 0.469 e. The third-order valence-corrected chi connectivity index (χ3v) is 3.75. The van der Waals surface area contributed by atoms with E-state index in [1.807, 2.05) is 31.2 Å². The van der Waals surface area contributed by atoms with Crippen LogP contribution in [0.15, 0.2) is 29.3 Å². The molecule has 0 heterocycles. The number of esters is 1. The van der Waals surface area contributed by atoms with E-state index in [1.54, 1.807) is 0 Å². The normalized spacial score (nSPS) is 10.8. The summed E-state index contributed by atoms with van der Waals surface area (Å²) in [5.74, 6) is 0.690. The van der Waals surface area contributed by atoms with E-state index < -0.39 is 0 Å². The number of unbranched alkanes of at least 4 members (excludes halogenated alkanes) is 2. The summed E-state index contributed by atoms with van der Waals surface area (Å²) in [6.07, 6.45) is 4.19. The van der Waals surface area contributed by atoms with Gasteiger partial charge in [0, 0.05) is 31.1 Å². The van der Waals surface area contributed by atoms with Crippen LogP contribution in [0.2, 0.25) is 5.02 Å². The average molecular weight is 482 g/mol. The fourth-order valence-corrected chi connectivity index (χ4v) is 2.29. The molecule has 5 nitrogen and oxygen atoms in total. The number of benzene rings is 1. The zero-order valence-corrected chi connectivity index (χ0v) is 18.1. The second-order valence-electron chi connectivity index (χ2n) is 5.45. The summed E-state index contributed by atoms with van der Waals surface area (Å²) >= 11 is 5.89. The molecule has 0 aliphatic rings. The van der Waals surface area contributed by atoms with E-state index in [4.69, 9.17) is 11.6 Å². The molecular weight excluding hydrogens is 453 g/mol. The highest BCUT2D eigenvalue weighted by molar-refractivity contribution is 14.0. The van der Waals surface area contributed by atoms with Crippen LogP contribution in [0.3, 0.4) is 0 Å². The molecule has 0 bridgehead atoms. The first-order valence-electron chi connectivity index (χ1n) is 8.49. The van der Waals surface area contributed by atoms with Crippen LogP contribution in [0.1, 0.15) is 38.2 Å². The van der Waals surface area contributed by atoms with Crippen LogP contribution in [0.4, 0.5) is 0 Å². The summed E-state index contributed by atoms with van der Waals surface area (Å²) in [6, 6.07) is 7.89. The highest BCUT2D eigenvalue weighted by Crippen LogP contribution is 2.09. The average Bonchev–Trinajstić information content (AvgIpc) is 2.59. The molecular formula is C18H29ClIN3O2. The molecule has 0 aliphatic heterocycles. The molecule has 0 spiro atoms. The molecule has 0 amide bonds. The van der Waals surface area contributed by atoms with Crippen molar-refractivity contribution in [1.29, 1.82) is 0 Å². The Hall–Kier alpha value is -1.02. The summed E-state index contributed by atoms with van der Waals surface area (Å²) in [5.41, 5.74) is 1.24. The Morgan fingerprint density at radius 3 is 2.52 bits per heavy atom. The lowest BCUT2D eigenvalue weighted by Crippen LogP contribution is -2.38. The van der Waals surface area contributed by atoms with Crippen molar-refractivity contribution in [2.75, 3.05) is 26.7 Å². The van der Waals surface area contributed by atoms with Gasteiger partial charge in [-0.25, -0.2) is 0 Å². The topological polar surface area (TPSA) is 62.7 Å². The number of hydrogen-bond donors (Lipinski definition) is 2. The van der Waals surface area contributed by atoms with E-state index in [-0.39, 0.29) is 29.9 Å². The molecule has 0 radical (unpaired) electrons. The number of carbonyl (C=O) groups is 1. The van der Waals surface area contributed by atoms with E-state index in [9.17, 15) is 4.79 Å². The van der Waals surface area contributed by atoms with Gasteiger partial charge in [-0.15, -0.1) is 24.0 Å². The molecule has 0 aliphatic carbocycles. The number of ether oxygens (including phenoxy) is 1. The lowest BCUT2D eigenvalue weighted by atomic mass is 10.1. The molecule has 1 aromatic carbocycles. The molecule has 142 valence electrons. The monoisotopic (exact) mass is 481 g/mol. The van der Waals surface area contributed by atoms with E-state index in [2.05, 4.69) is 20.4 Å². The maximum Gasteiger partial charge on any atom is 0.305 e. The number of aliphatic imine (C=N–C) groups is 1. The van der Waals surface area contributed by atoms with Crippen molar-refractivity contribution in [2.45, 2.75) is 39.0 Å². The molecule has 1 aromatic rings. The first kappa shape index (κ1) is 24.0. The predicted octanol–water partition coefficient (Wildman–Crippen LogP) is 3.79. The Bertz CT molecular complexity index is 510. The van der Waals surface area contributed by atoms with Gasteiger partial charge in [0.2, 0.25) is 0 Å². The Kier molecular flexibility index (Phi) is 14.6. The van der Waals surface area contributed by atoms with Gasteiger partial charge < -0.3 is 15.4 Å². The second kappa shape index (κ2) is 15.3. The predicted molar refractivity (Wildman–Crippen MR) is 115 cm³/mol. The highest BCUT2D eigenvalue weighted by atomic mass is 127. The van der Waals surface area contributed by atoms with Crippen LogP contribution in [0, 0.1) is 0 Å². The van der Waals surface area contributed by atoms with E-state index >= 15 is 0 Å². The minimum Gasteiger partial charge on any atom is -0.469 e. The molecule has 0 unspecified atom stereocenters. The van der Waals surface area contributed by atoms with Crippen LogP contribution in [-0.4, -0.2) is 38.7 Å².